The second kappa shape index (κ2) is 6.92. The van der Waals surface area contributed by atoms with E-state index in [2.05, 4.69) is 28.6 Å². The molecule has 3 heterocycles. The van der Waals surface area contributed by atoms with Crippen LogP contribution in [0.3, 0.4) is 0 Å². The molecule has 0 radical (unpaired) electrons. The van der Waals surface area contributed by atoms with Gasteiger partial charge >= 0.3 is 0 Å². The van der Waals surface area contributed by atoms with Gasteiger partial charge in [0.1, 0.15) is 0 Å². The second-order valence-corrected chi connectivity index (χ2v) is 6.72. The van der Waals surface area contributed by atoms with Crippen LogP contribution in [0.4, 0.5) is 10.2 Å². The molecule has 0 spiro atoms. The molecule has 0 bridgehead atoms. The van der Waals surface area contributed by atoms with Crippen LogP contribution in [0.1, 0.15) is 26.7 Å². The Bertz CT molecular complexity index is 481. The van der Waals surface area contributed by atoms with E-state index in [0.717, 1.165) is 45.6 Å². The summed E-state index contributed by atoms with van der Waals surface area (Å²) in [4.78, 5) is 8.79. The molecule has 2 unspecified atom stereocenters. The molecule has 2 saturated heterocycles. The SMILES string of the molecule is CC1CN(CC2CCN(c3ncccc3F)CC2)CC(C)O1. The number of anilines is 1. The van der Waals surface area contributed by atoms with Crippen LogP contribution in [0.2, 0.25) is 0 Å². The van der Waals surface area contributed by atoms with Gasteiger partial charge in [0.15, 0.2) is 11.6 Å². The van der Waals surface area contributed by atoms with Crippen molar-refractivity contribution in [3.8, 4) is 0 Å². The summed E-state index contributed by atoms with van der Waals surface area (Å²) in [5.74, 6) is 0.992. The van der Waals surface area contributed by atoms with Crippen LogP contribution in [-0.2, 0) is 4.74 Å². The van der Waals surface area contributed by atoms with Gasteiger partial charge in [-0.15, -0.1) is 0 Å². The quantitative estimate of drug-likeness (QED) is 0.858. The minimum atomic E-state index is -0.211. The fourth-order valence-corrected chi connectivity index (χ4v) is 3.74. The molecular formula is C17H26FN3O. The zero-order valence-corrected chi connectivity index (χ0v) is 13.5. The highest BCUT2D eigenvalue weighted by molar-refractivity contribution is 5.39. The molecule has 3 rings (SSSR count). The fraction of sp³-hybridized carbons (Fsp3) is 0.706. The van der Waals surface area contributed by atoms with E-state index in [9.17, 15) is 4.39 Å². The number of pyridine rings is 1. The smallest absolute Gasteiger partial charge is 0.165 e. The first kappa shape index (κ1) is 15.7. The van der Waals surface area contributed by atoms with E-state index in [4.69, 9.17) is 4.74 Å². The normalized spacial score (nSPS) is 28.0. The average Bonchev–Trinajstić information content (AvgIpc) is 2.48. The van der Waals surface area contributed by atoms with Crippen LogP contribution in [-0.4, -0.2) is 54.8 Å². The van der Waals surface area contributed by atoms with Crippen molar-refractivity contribution >= 4 is 5.82 Å². The number of hydrogen-bond acceptors (Lipinski definition) is 4. The van der Waals surface area contributed by atoms with Crippen molar-refractivity contribution in [1.29, 1.82) is 0 Å². The van der Waals surface area contributed by atoms with Crippen molar-refractivity contribution in [1.82, 2.24) is 9.88 Å². The predicted octanol–water partition coefficient (Wildman–Crippen LogP) is 2.55. The van der Waals surface area contributed by atoms with E-state index in [1.807, 2.05) is 0 Å². The minimum Gasteiger partial charge on any atom is -0.373 e. The highest BCUT2D eigenvalue weighted by atomic mass is 19.1. The summed E-state index contributed by atoms with van der Waals surface area (Å²) in [7, 11) is 0. The van der Waals surface area contributed by atoms with Crippen LogP contribution in [0.15, 0.2) is 18.3 Å². The van der Waals surface area contributed by atoms with Crippen LogP contribution in [0, 0.1) is 11.7 Å². The molecule has 2 fully saturated rings. The lowest BCUT2D eigenvalue weighted by atomic mass is 9.95. The summed E-state index contributed by atoms with van der Waals surface area (Å²) in [6.07, 6.45) is 4.53. The monoisotopic (exact) mass is 307 g/mol. The minimum absolute atomic E-state index is 0.211. The topological polar surface area (TPSA) is 28.6 Å². The number of ether oxygens (including phenoxy) is 1. The molecule has 0 aromatic carbocycles. The molecule has 0 aliphatic carbocycles. The Labute approximate surface area is 132 Å². The van der Waals surface area contributed by atoms with E-state index in [1.54, 1.807) is 12.3 Å². The van der Waals surface area contributed by atoms with E-state index in [0.29, 0.717) is 23.9 Å². The largest absolute Gasteiger partial charge is 0.373 e. The predicted molar refractivity (Wildman–Crippen MR) is 85.6 cm³/mol. The van der Waals surface area contributed by atoms with Gasteiger partial charge in [0, 0.05) is 38.9 Å². The van der Waals surface area contributed by atoms with Crippen molar-refractivity contribution < 1.29 is 9.13 Å². The van der Waals surface area contributed by atoms with Gasteiger partial charge in [0.05, 0.1) is 12.2 Å². The molecule has 0 amide bonds. The first-order valence-corrected chi connectivity index (χ1v) is 8.35. The van der Waals surface area contributed by atoms with Crippen molar-refractivity contribution in [3.05, 3.63) is 24.1 Å². The van der Waals surface area contributed by atoms with Gasteiger partial charge in [-0.2, -0.15) is 0 Å². The molecule has 0 N–H and O–H groups in total. The van der Waals surface area contributed by atoms with Gasteiger partial charge in [0.2, 0.25) is 0 Å². The highest BCUT2D eigenvalue weighted by Gasteiger charge is 2.27. The number of aromatic nitrogens is 1. The number of nitrogens with zero attached hydrogens (tertiary/aromatic N) is 3. The van der Waals surface area contributed by atoms with Gasteiger partial charge in [-0.05, 0) is 44.7 Å². The molecule has 1 aromatic heterocycles. The van der Waals surface area contributed by atoms with Gasteiger partial charge in [-0.1, -0.05) is 0 Å². The molecule has 2 aliphatic rings. The van der Waals surface area contributed by atoms with E-state index in [-0.39, 0.29) is 5.82 Å². The summed E-state index contributed by atoms with van der Waals surface area (Å²) in [5.41, 5.74) is 0. The Morgan fingerprint density at radius 2 is 1.91 bits per heavy atom. The molecule has 4 nitrogen and oxygen atoms in total. The van der Waals surface area contributed by atoms with Crippen LogP contribution < -0.4 is 4.90 Å². The number of morpholine rings is 1. The Morgan fingerprint density at radius 3 is 2.55 bits per heavy atom. The summed E-state index contributed by atoms with van der Waals surface area (Å²) >= 11 is 0. The third-order valence-corrected chi connectivity index (χ3v) is 4.66. The first-order valence-electron chi connectivity index (χ1n) is 8.35. The average molecular weight is 307 g/mol. The molecule has 2 aliphatic heterocycles. The number of rotatable bonds is 3. The number of hydrogen-bond donors (Lipinski definition) is 0. The second-order valence-electron chi connectivity index (χ2n) is 6.72. The Balaban J connectivity index is 1.51. The maximum atomic E-state index is 13.8. The van der Waals surface area contributed by atoms with Crippen molar-refractivity contribution in [2.75, 3.05) is 37.6 Å². The number of piperidine rings is 1. The van der Waals surface area contributed by atoms with E-state index < -0.39 is 0 Å². The third-order valence-electron chi connectivity index (χ3n) is 4.66. The Kier molecular flexibility index (Phi) is 4.93. The van der Waals surface area contributed by atoms with Gasteiger partial charge in [-0.3, -0.25) is 4.90 Å². The van der Waals surface area contributed by atoms with E-state index >= 15 is 0 Å². The van der Waals surface area contributed by atoms with Gasteiger partial charge in [-0.25, -0.2) is 9.37 Å². The van der Waals surface area contributed by atoms with E-state index in [1.165, 1.54) is 6.07 Å². The fourth-order valence-electron chi connectivity index (χ4n) is 3.74. The van der Waals surface area contributed by atoms with Crippen molar-refractivity contribution in [2.24, 2.45) is 5.92 Å². The van der Waals surface area contributed by atoms with Crippen LogP contribution in [0.25, 0.3) is 0 Å². The molecule has 122 valence electrons. The molecule has 1 aromatic rings. The maximum absolute atomic E-state index is 13.8. The highest BCUT2D eigenvalue weighted by Crippen LogP contribution is 2.25. The zero-order chi connectivity index (χ0) is 15.5. The van der Waals surface area contributed by atoms with Crippen molar-refractivity contribution in [2.45, 2.75) is 38.9 Å². The van der Waals surface area contributed by atoms with Crippen LogP contribution in [0.5, 0.6) is 0 Å². The summed E-state index contributed by atoms with van der Waals surface area (Å²) in [6, 6.07) is 3.14. The van der Waals surface area contributed by atoms with Gasteiger partial charge < -0.3 is 9.64 Å². The first-order chi connectivity index (χ1) is 10.6. The Morgan fingerprint density at radius 1 is 1.23 bits per heavy atom. The molecule has 5 heteroatoms. The summed E-state index contributed by atoms with van der Waals surface area (Å²) < 4.78 is 19.6. The maximum Gasteiger partial charge on any atom is 0.165 e. The van der Waals surface area contributed by atoms with Crippen LogP contribution >= 0.6 is 0 Å². The number of halogens is 1. The molecular weight excluding hydrogens is 281 g/mol. The lowest BCUT2D eigenvalue weighted by Gasteiger charge is -2.39. The summed E-state index contributed by atoms with van der Waals surface area (Å²) in [5, 5.41) is 0. The lowest BCUT2D eigenvalue weighted by Crippen LogP contribution is -2.48. The molecule has 2 atom stereocenters. The molecule has 0 saturated carbocycles. The van der Waals surface area contributed by atoms with Gasteiger partial charge in [0.25, 0.3) is 0 Å². The lowest BCUT2D eigenvalue weighted by molar-refractivity contribution is -0.0720. The zero-order valence-electron chi connectivity index (χ0n) is 13.5. The Hall–Kier alpha value is -1.20. The third kappa shape index (κ3) is 3.76. The standard InChI is InChI=1S/C17H26FN3O/c1-13-10-20(11-14(2)22-13)12-15-5-8-21(9-6-15)17-16(18)4-3-7-19-17/h3-4,7,13-15H,5-6,8-12H2,1-2H3. The summed E-state index contributed by atoms with van der Waals surface area (Å²) in [6.45, 7) is 9.28. The van der Waals surface area contributed by atoms with Crippen molar-refractivity contribution in [3.63, 3.8) is 0 Å². The molecule has 22 heavy (non-hydrogen) atoms.